The van der Waals surface area contributed by atoms with Gasteiger partial charge in [0.25, 0.3) is 0 Å². The fraction of sp³-hybridized carbons (Fsp3) is 0.429. The minimum atomic E-state index is -0.781. The third-order valence-electron chi connectivity index (χ3n) is 6.65. The van der Waals surface area contributed by atoms with E-state index >= 15 is 0 Å². The van der Waals surface area contributed by atoms with Gasteiger partial charge in [0, 0.05) is 24.6 Å². The molecule has 4 heterocycles. The lowest BCUT2D eigenvalue weighted by atomic mass is 9.67. The Morgan fingerprint density at radius 1 is 1.29 bits per heavy atom. The van der Waals surface area contributed by atoms with Gasteiger partial charge in [0.1, 0.15) is 6.07 Å². The molecule has 1 aromatic carbocycles. The first-order valence-corrected chi connectivity index (χ1v) is 9.42. The average Bonchev–Trinajstić information content (AvgIpc) is 3.26. The van der Waals surface area contributed by atoms with Crippen molar-refractivity contribution in [2.45, 2.75) is 37.4 Å². The second kappa shape index (κ2) is 5.60. The third kappa shape index (κ3) is 1.96. The zero-order valence-electron chi connectivity index (χ0n) is 15.4. The van der Waals surface area contributed by atoms with Gasteiger partial charge in [0.2, 0.25) is 11.8 Å². The molecule has 5 rings (SSSR count). The standard InChI is InChI=1S/C21H19N3O4/c1-20-6-7-21(28-20,8-10-25)16-15(20)18(26)24(19(16)27)14-5-4-12(11-22)17-13(14)3-2-9-23-17/h2-5,9,15-16,25H,6-8,10H2,1H3/t15-,16+,20?,21?/m1/s1. The van der Waals surface area contributed by atoms with Gasteiger partial charge < -0.3 is 9.84 Å². The monoisotopic (exact) mass is 377 g/mol. The Morgan fingerprint density at radius 3 is 2.82 bits per heavy atom. The molecule has 7 heteroatoms. The number of carbonyl (C=O) groups excluding carboxylic acids is 2. The lowest BCUT2D eigenvalue weighted by molar-refractivity contribution is -0.131. The maximum absolute atomic E-state index is 13.5. The molecule has 0 saturated carbocycles. The van der Waals surface area contributed by atoms with E-state index in [2.05, 4.69) is 11.1 Å². The summed E-state index contributed by atoms with van der Waals surface area (Å²) in [5.74, 6) is -1.70. The van der Waals surface area contributed by atoms with Gasteiger partial charge in [-0.15, -0.1) is 0 Å². The van der Waals surface area contributed by atoms with Crippen LogP contribution in [0, 0.1) is 23.2 Å². The highest BCUT2D eigenvalue weighted by Crippen LogP contribution is 2.62. The van der Waals surface area contributed by atoms with Gasteiger partial charge in [0.05, 0.1) is 39.8 Å². The maximum Gasteiger partial charge on any atom is 0.240 e. The van der Waals surface area contributed by atoms with Crippen LogP contribution < -0.4 is 4.90 Å². The van der Waals surface area contributed by atoms with Crippen LogP contribution in [0.25, 0.3) is 10.9 Å². The van der Waals surface area contributed by atoms with E-state index in [1.165, 1.54) is 4.90 Å². The minimum absolute atomic E-state index is 0.0928. The Labute approximate surface area is 161 Å². The number of anilines is 1. The summed E-state index contributed by atoms with van der Waals surface area (Å²) < 4.78 is 6.22. The number of pyridine rings is 1. The van der Waals surface area contributed by atoms with Gasteiger partial charge in [0.15, 0.2) is 0 Å². The number of hydrogen-bond donors (Lipinski definition) is 1. The third-order valence-corrected chi connectivity index (χ3v) is 6.65. The number of hydrogen-bond acceptors (Lipinski definition) is 6. The molecule has 3 aliphatic rings. The van der Waals surface area contributed by atoms with Crippen LogP contribution in [0.2, 0.25) is 0 Å². The van der Waals surface area contributed by atoms with Crippen molar-refractivity contribution < 1.29 is 19.4 Å². The number of fused-ring (bicyclic) bond motifs is 6. The van der Waals surface area contributed by atoms with Gasteiger partial charge in [-0.05, 0) is 44.0 Å². The topological polar surface area (TPSA) is 104 Å². The van der Waals surface area contributed by atoms with Crippen LogP contribution in [-0.2, 0) is 14.3 Å². The van der Waals surface area contributed by atoms with Crippen molar-refractivity contribution in [3.8, 4) is 6.07 Å². The molecule has 4 atom stereocenters. The number of nitrogens with zero attached hydrogens (tertiary/aromatic N) is 3. The van der Waals surface area contributed by atoms with E-state index in [1.807, 2.05) is 6.92 Å². The highest BCUT2D eigenvalue weighted by molar-refractivity contribution is 6.26. The van der Waals surface area contributed by atoms with Crippen molar-refractivity contribution in [3.63, 3.8) is 0 Å². The molecule has 3 aliphatic heterocycles. The zero-order valence-corrected chi connectivity index (χ0v) is 15.4. The number of benzene rings is 1. The summed E-state index contributed by atoms with van der Waals surface area (Å²) in [6, 6.07) is 8.83. The van der Waals surface area contributed by atoms with E-state index in [9.17, 15) is 20.0 Å². The van der Waals surface area contributed by atoms with Gasteiger partial charge in [-0.1, -0.05) is 0 Å². The predicted octanol–water partition coefficient (Wildman–Crippen LogP) is 1.92. The normalized spacial score (nSPS) is 33.5. The number of rotatable bonds is 3. The molecule has 1 aromatic heterocycles. The van der Waals surface area contributed by atoms with Crippen molar-refractivity contribution in [3.05, 3.63) is 36.0 Å². The quantitative estimate of drug-likeness (QED) is 0.820. The van der Waals surface area contributed by atoms with Crippen molar-refractivity contribution in [1.82, 2.24) is 4.98 Å². The van der Waals surface area contributed by atoms with Gasteiger partial charge >= 0.3 is 0 Å². The molecular formula is C21H19N3O4. The fourth-order valence-electron chi connectivity index (χ4n) is 5.48. The van der Waals surface area contributed by atoms with E-state index < -0.39 is 23.0 Å². The molecule has 0 aliphatic carbocycles. The molecule has 3 saturated heterocycles. The summed E-state index contributed by atoms with van der Waals surface area (Å²) in [6.45, 7) is 1.80. The summed E-state index contributed by atoms with van der Waals surface area (Å²) in [6.07, 6.45) is 3.28. The zero-order chi connectivity index (χ0) is 19.7. The molecule has 0 spiro atoms. The van der Waals surface area contributed by atoms with Crippen molar-refractivity contribution in [1.29, 1.82) is 5.26 Å². The Hall–Kier alpha value is -2.82. The van der Waals surface area contributed by atoms with Gasteiger partial charge in [-0.25, -0.2) is 4.90 Å². The molecular weight excluding hydrogens is 358 g/mol. The molecule has 2 bridgehead atoms. The van der Waals surface area contributed by atoms with E-state index in [0.717, 1.165) is 0 Å². The van der Waals surface area contributed by atoms with E-state index in [-0.39, 0.29) is 18.4 Å². The fourth-order valence-corrected chi connectivity index (χ4v) is 5.48. The molecule has 2 unspecified atom stereocenters. The van der Waals surface area contributed by atoms with Crippen molar-refractivity contribution in [2.75, 3.05) is 11.5 Å². The summed E-state index contributed by atoms with van der Waals surface area (Å²) in [5, 5.41) is 19.5. The molecule has 7 nitrogen and oxygen atoms in total. The lowest BCUT2D eigenvalue weighted by Gasteiger charge is -2.30. The number of amides is 2. The number of ether oxygens (including phenoxy) is 1. The Kier molecular flexibility index (Phi) is 3.46. The molecule has 3 fully saturated rings. The number of nitriles is 1. The first-order valence-electron chi connectivity index (χ1n) is 9.42. The average molecular weight is 377 g/mol. The van der Waals surface area contributed by atoms with E-state index in [4.69, 9.17) is 4.74 Å². The lowest BCUT2D eigenvalue weighted by Crippen LogP contribution is -2.42. The molecule has 2 amide bonds. The number of aliphatic hydroxyl groups is 1. The summed E-state index contributed by atoms with van der Waals surface area (Å²) >= 11 is 0. The van der Waals surface area contributed by atoms with Crippen molar-refractivity contribution >= 4 is 28.4 Å². The Bertz CT molecular complexity index is 1070. The van der Waals surface area contributed by atoms with Gasteiger partial charge in [-0.2, -0.15) is 5.26 Å². The molecule has 142 valence electrons. The van der Waals surface area contributed by atoms with Crippen LogP contribution in [0.5, 0.6) is 0 Å². The minimum Gasteiger partial charge on any atom is -0.396 e. The smallest absolute Gasteiger partial charge is 0.240 e. The van der Waals surface area contributed by atoms with E-state index in [1.54, 1.807) is 30.5 Å². The first kappa shape index (κ1) is 17.3. The maximum atomic E-state index is 13.5. The highest BCUT2D eigenvalue weighted by Gasteiger charge is 2.73. The number of aromatic nitrogens is 1. The summed E-state index contributed by atoms with van der Waals surface area (Å²) in [4.78, 5) is 32.4. The molecule has 2 aromatic rings. The summed E-state index contributed by atoms with van der Waals surface area (Å²) in [5.41, 5.74) is -0.159. The SMILES string of the molecule is CC12CCC(CCO)(O1)[C@@H]1C(=O)N(c3ccc(C#N)c4ncccc34)C(=O)[C@@H]12. The van der Waals surface area contributed by atoms with Crippen LogP contribution in [0.1, 0.15) is 31.7 Å². The van der Waals surface area contributed by atoms with Crippen molar-refractivity contribution in [2.24, 2.45) is 11.8 Å². The second-order valence-corrected chi connectivity index (χ2v) is 8.06. The van der Waals surface area contributed by atoms with Crippen LogP contribution in [0.15, 0.2) is 30.5 Å². The first-order chi connectivity index (χ1) is 13.5. The Morgan fingerprint density at radius 2 is 2.07 bits per heavy atom. The molecule has 0 radical (unpaired) electrons. The molecule has 1 N–H and O–H groups in total. The van der Waals surface area contributed by atoms with Gasteiger partial charge in [-0.3, -0.25) is 14.6 Å². The van der Waals surface area contributed by atoms with Crippen LogP contribution >= 0.6 is 0 Å². The van der Waals surface area contributed by atoms with E-state index in [0.29, 0.717) is 41.4 Å². The van der Waals surface area contributed by atoms with Crippen LogP contribution in [-0.4, -0.2) is 39.7 Å². The predicted molar refractivity (Wildman–Crippen MR) is 99.1 cm³/mol. The van der Waals surface area contributed by atoms with Crippen LogP contribution in [0.3, 0.4) is 0 Å². The van der Waals surface area contributed by atoms with Crippen LogP contribution in [0.4, 0.5) is 5.69 Å². The number of imide groups is 1. The number of carbonyl (C=O) groups is 2. The molecule has 28 heavy (non-hydrogen) atoms. The highest BCUT2D eigenvalue weighted by atomic mass is 16.5. The number of aliphatic hydroxyl groups excluding tert-OH is 1. The largest absolute Gasteiger partial charge is 0.396 e. The second-order valence-electron chi connectivity index (χ2n) is 8.06. The summed E-state index contributed by atoms with van der Waals surface area (Å²) in [7, 11) is 0. The Balaban J connectivity index is 1.67.